The fourth-order valence-electron chi connectivity index (χ4n) is 2.78. The van der Waals surface area contributed by atoms with E-state index in [-0.39, 0.29) is 12.5 Å². The molecule has 3 N–H and O–H groups in total. The van der Waals surface area contributed by atoms with E-state index in [1.165, 1.54) is 19.3 Å². The van der Waals surface area contributed by atoms with Gasteiger partial charge in [0, 0.05) is 12.2 Å². The van der Waals surface area contributed by atoms with E-state index >= 15 is 0 Å². The first kappa shape index (κ1) is 12.9. The Balaban J connectivity index is 1.92. The molecule has 1 aliphatic rings. The van der Waals surface area contributed by atoms with Crippen LogP contribution in [0.25, 0.3) is 0 Å². The highest BCUT2D eigenvalue weighted by molar-refractivity contribution is 5.73. The number of nitrogens with two attached hydrogens (primary N) is 1. The minimum atomic E-state index is -0.371. The maximum absolute atomic E-state index is 10.8. The second-order valence-electron chi connectivity index (χ2n) is 5.54. The van der Waals surface area contributed by atoms with Crippen molar-refractivity contribution in [3.8, 4) is 0 Å². The number of hydrogen-bond acceptors (Lipinski definition) is 3. The van der Waals surface area contributed by atoms with E-state index in [1.807, 2.05) is 6.20 Å². The number of hydrogen-bond donors (Lipinski definition) is 2. The number of aromatic nitrogens is 2. The highest BCUT2D eigenvalue weighted by Crippen LogP contribution is 2.30. The number of carbonyl (C=O) groups excluding carboxylic acids is 1. The Labute approximate surface area is 108 Å². The van der Waals surface area contributed by atoms with Crippen molar-refractivity contribution in [2.45, 2.75) is 45.7 Å². The molecule has 1 saturated carbocycles. The zero-order chi connectivity index (χ0) is 13.1. The lowest BCUT2D eigenvalue weighted by molar-refractivity contribution is -0.118. The fraction of sp³-hybridized carbons (Fsp3) is 0.692. The molecule has 5 heteroatoms. The van der Waals surface area contributed by atoms with Gasteiger partial charge in [0.05, 0.1) is 11.9 Å². The molecule has 1 aromatic rings. The first-order chi connectivity index (χ1) is 8.54. The molecule has 0 aliphatic heterocycles. The molecule has 3 atom stereocenters. The molecule has 0 aromatic carbocycles. The SMILES string of the molecule is CC1CCC(Nc2cnn(CC(N)=O)c2)C(C)C1. The summed E-state index contributed by atoms with van der Waals surface area (Å²) in [4.78, 5) is 10.8. The molecule has 1 heterocycles. The smallest absolute Gasteiger partial charge is 0.239 e. The van der Waals surface area contributed by atoms with Gasteiger partial charge in [-0.25, -0.2) is 0 Å². The van der Waals surface area contributed by atoms with Gasteiger partial charge in [-0.3, -0.25) is 9.48 Å². The first-order valence-electron chi connectivity index (χ1n) is 6.62. The molecule has 1 fully saturated rings. The Morgan fingerprint density at radius 3 is 3.00 bits per heavy atom. The van der Waals surface area contributed by atoms with Gasteiger partial charge in [0.15, 0.2) is 0 Å². The van der Waals surface area contributed by atoms with Gasteiger partial charge in [-0.2, -0.15) is 5.10 Å². The van der Waals surface area contributed by atoms with Crippen LogP contribution in [0, 0.1) is 11.8 Å². The number of nitrogens with zero attached hydrogens (tertiary/aromatic N) is 2. The van der Waals surface area contributed by atoms with Gasteiger partial charge in [-0.15, -0.1) is 0 Å². The summed E-state index contributed by atoms with van der Waals surface area (Å²) in [5, 5.41) is 7.62. The van der Waals surface area contributed by atoms with Gasteiger partial charge < -0.3 is 11.1 Å². The van der Waals surface area contributed by atoms with Crippen molar-refractivity contribution < 1.29 is 4.79 Å². The molecule has 1 aromatic heterocycles. The van der Waals surface area contributed by atoms with E-state index in [0.717, 1.165) is 11.6 Å². The average molecular weight is 250 g/mol. The quantitative estimate of drug-likeness (QED) is 0.852. The van der Waals surface area contributed by atoms with Crippen molar-refractivity contribution >= 4 is 11.6 Å². The number of anilines is 1. The van der Waals surface area contributed by atoms with Crippen LogP contribution < -0.4 is 11.1 Å². The predicted octanol–water partition coefficient (Wildman–Crippen LogP) is 1.60. The Hall–Kier alpha value is -1.52. The lowest BCUT2D eigenvalue weighted by Gasteiger charge is -2.33. The number of carbonyl (C=O) groups is 1. The number of primary amides is 1. The monoisotopic (exact) mass is 250 g/mol. The van der Waals surface area contributed by atoms with Crippen LogP contribution in [0.15, 0.2) is 12.4 Å². The van der Waals surface area contributed by atoms with E-state index in [4.69, 9.17) is 5.73 Å². The molecule has 0 saturated heterocycles. The Kier molecular flexibility index (Phi) is 3.89. The summed E-state index contributed by atoms with van der Waals surface area (Å²) in [6, 6.07) is 0.507. The van der Waals surface area contributed by atoms with Gasteiger partial charge in [-0.05, 0) is 31.1 Å². The summed E-state index contributed by atoms with van der Waals surface area (Å²) in [7, 11) is 0. The van der Waals surface area contributed by atoms with Gasteiger partial charge in [0.1, 0.15) is 6.54 Å². The third kappa shape index (κ3) is 3.24. The van der Waals surface area contributed by atoms with Crippen LogP contribution >= 0.6 is 0 Å². The van der Waals surface area contributed by atoms with E-state index in [0.29, 0.717) is 12.0 Å². The lowest BCUT2D eigenvalue weighted by atomic mass is 9.80. The largest absolute Gasteiger partial charge is 0.380 e. The zero-order valence-corrected chi connectivity index (χ0v) is 11.1. The minimum absolute atomic E-state index is 0.138. The van der Waals surface area contributed by atoms with Gasteiger partial charge in [-0.1, -0.05) is 13.8 Å². The number of nitrogens with one attached hydrogen (secondary N) is 1. The molecular formula is C13H22N4O. The van der Waals surface area contributed by atoms with Crippen LogP contribution in [-0.4, -0.2) is 21.7 Å². The maximum Gasteiger partial charge on any atom is 0.239 e. The molecule has 2 rings (SSSR count). The molecule has 0 bridgehead atoms. The summed E-state index contributed by atoms with van der Waals surface area (Å²) in [6.07, 6.45) is 7.34. The topological polar surface area (TPSA) is 72.9 Å². The molecule has 1 aliphatic carbocycles. The van der Waals surface area contributed by atoms with Crippen molar-refractivity contribution in [3.05, 3.63) is 12.4 Å². The Morgan fingerprint density at radius 2 is 2.33 bits per heavy atom. The zero-order valence-electron chi connectivity index (χ0n) is 11.1. The van der Waals surface area contributed by atoms with Crippen molar-refractivity contribution in [2.24, 2.45) is 17.6 Å². The van der Waals surface area contributed by atoms with Crippen molar-refractivity contribution in [2.75, 3.05) is 5.32 Å². The fourth-order valence-corrected chi connectivity index (χ4v) is 2.78. The third-order valence-corrected chi connectivity index (χ3v) is 3.73. The number of amides is 1. The molecular weight excluding hydrogens is 228 g/mol. The highest BCUT2D eigenvalue weighted by atomic mass is 16.1. The summed E-state index contributed by atoms with van der Waals surface area (Å²) in [5.41, 5.74) is 6.11. The van der Waals surface area contributed by atoms with E-state index in [2.05, 4.69) is 24.3 Å². The average Bonchev–Trinajstić information content (AvgIpc) is 2.69. The minimum Gasteiger partial charge on any atom is -0.380 e. The Bertz CT molecular complexity index is 415. The molecule has 3 unspecified atom stereocenters. The predicted molar refractivity (Wildman–Crippen MR) is 71.0 cm³/mol. The van der Waals surface area contributed by atoms with Gasteiger partial charge in [0.25, 0.3) is 0 Å². The molecule has 0 spiro atoms. The van der Waals surface area contributed by atoms with E-state index in [9.17, 15) is 4.79 Å². The molecule has 1 amide bonds. The van der Waals surface area contributed by atoms with Crippen LogP contribution in [0.3, 0.4) is 0 Å². The standard InChI is InChI=1S/C13H22N4O/c1-9-3-4-12(10(2)5-9)16-11-6-15-17(7-11)8-13(14)18/h6-7,9-10,12,16H,3-5,8H2,1-2H3,(H2,14,18). The summed E-state index contributed by atoms with van der Waals surface area (Å²) < 4.78 is 1.57. The molecule has 100 valence electrons. The van der Waals surface area contributed by atoms with Crippen molar-refractivity contribution in [3.63, 3.8) is 0 Å². The van der Waals surface area contributed by atoms with Crippen molar-refractivity contribution in [1.29, 1.82) is 0 Å². The molecule has 18 heavy (non-hydrogen) atoms. The second-order valence-corrected chi connectivity index (χ2v) is 5.54. The molecule has 0 radical (unpaired) electrons. The maximum atomic E-state index is 10.8. The second kappa shape index (κ2) is 5.42. The third-order valence-electron chi connectivity index (χ3n) is 3.73. The normalized spacial score (nSPS) is 28.0. The van der Waals surface area contributed by atoms with E-state index in [1.54, 1.807) is 10.9 Å². The summed E-state index contributed by atoms with van der Waals surface area (Å²) >= 11 is 0. The summed E-state index contributed by atoms with van der Waals surface area (Å²) in [6.45, 7) is 4.75. The number of rotatable bonds is 4. The van der Waals surface area contributed by atoms with Crippen LogP contribution in [-0.2, 0) is 11.3 Å². The van der Waals surface area contributed by atoms with Crippen LogP contribution in [0.4, 0.5) is 5.69 Å². The van der Waals surface area contributed by atoms with Gasteiger partial charge >= 0.3 is 0 Å². The Morgan fingerprint density at radius 1 is 1.56 bits per heavy atom. The van der Waals surface area contributed by atoms with Gasteiger partial charge in [0.2, 0.25) is 5.91 Å². The first-order valence-corrected chi connectivity index (χ1v) is 6.62. The van der Waals surface area contributed by atoms with Crippen LogP contribution in [0.1, 0.15) is 33.1 Å². The summed E-state index contributed by atoms with van der Waals surface area (Å²) in [5.74, 6) is 1.13. The van der Waals surface area contributed by atoms with Crippen LogP contribution in [0.2, 0.25) is 0 Å². The lowest BCUT2D eigenvalue weighted by Crippen LogP contribution is -2.32. The molecule has 5 nitrogen and oxygen atoms in total. The van der Waals surface area contributed by atoms with E-state index < -0.39 is 0 Å². The van der Waals surface area contributed by atoms with Crippen LogP contribution in [0.5, 0.6) is 0 Å². The highest BCUT2D eigenvalue weighted by Gasteiger charge is 2.25. The van der Waals surface area contributed by atoms with Crippen molar-refractivity contribution in [1.82, 2.24) is 9.78 Å².